The van der Waals surface area contributed by atoms with Gasteiger partial charge in [-0.1, -0.05) is 18.5 Å². The highest BCUT2D eigenvalue weighted by Gasteiger charge is 2.17. The molecule has 0 aliphatic rings. The highest BCUT2D eigenvalue weighted by atomic mass is 35.5. The average Bonchev–Trinajstić information content (AvgIpc) is 2.25. The van der Waals surface area contributed by atoms with Gasteiger partial charge in [0.25, 0.3) is 0 Å². The molecular weight excluding hydrogens is 229 g/mol. The van der Waals surface area contributed by atoms with E-state index in [-0.39, 0.29) is 18.0 Å². The first kappa shape index (κ1) is 13.4. The molecule has 0 saturated heterocycles. The lowest BCUT2D eigenvalue weighted by Crippen LogP contribution is -2.37. The fraction of sp³-hybridized carbons (Fsp3) is 0.500. The van der Waals surface area contributed by atoms with Crippen molar-refractivity contribution in [1.82, 2.24) is 0 Å². The van der Waals surface area contributed by atoms with E-state index in [2.05, 4.69) is 0 Å². The molecule has 2 nitrogen and oxygen atoms in total. The number of benzene rings is 1. The summed E-state index contributed by atoms with van der Waals surface area (Å²) in [5.74, 6) is -0.272. The molecule has 16 heavy (non-hydrogen) atoms. The van der Waals surface area contributed by atoms with Crippen molar-refractivity contribution in [2.24, 2.45) is 5.73 Å². The number of ether oxygens (including phenoxy) is 1. The lowest BCUT2D eigenvalue weighted by Gasteiger charge is -2.21. The molecule has 0 aromatic heterocycles. The van der Waals surface area contributed by atoms with Crippen LogP contribution in [0.2, 0.25) is 5.02 Å². The van der Waals surface area contributed by atoms with Crippen LogP contribution in [0.1, 0.15) is 18.9 Å². The molecule has 90 valence electrons. The van der Waals surface area contributed by atoms with Crippen molar-refractivity contribution in [1.29, 1.82) is 0 Å². The van der Waals surface area contributed by atoms with Crippen LogP contribution in [0.5, 0.6) is 0 Å². The van der Waals surface area contributed by atoms with E-state index >= 15 is 0 Å². The maximum atomic E-state index is 13.4. The van der Waals surface area contributed by atoms with Crippen LogP contribution in [0.25, 0.3) is 0 Å². The molecular formula is C12H17ClFNO. The first-order chi connectivity index (χ1) is 7.58. The second kappa shape index (κ2) is 6.18. The third kappa shape index (κ3) is 3.44. The van der Waals surface area contributed by atoms with E-state index < -0.39 is 0 Å². The molecule has 0 amide bonds. The minimum Gasteiger partial charge on any atom is -0.380 e. The summed E-state index contributed by atoms with van der Waals surface area (Å²) >= 11 is 5.81. The standard InChI is InChI=1S/C12H17ClFNO/c1-3-12(16-2)11(15)7-8-6-9(13)4-5-10(8)14/h4-6,11-12H,3,7,15H2,1-2H3. The molecule has 0 bridgehead atoms. The summed E-state index contributed by atoms with van der Waals surface area (Å²) in [5, 5.41) is 0.522. The monoisotopic (exact) mass is 245 g/mol. The zero-order valence-electron chi connectivity index (χ0n) is 9.54. The molecule has 0 saturated carbocycles. The van der Waals surface area contributed by atoms with E-state index in [1.807, 2.05) is 6.92 Å². The Balaban J connectivity index is 2.75. The molecule has 4 heteroatoms. The van der Waals surface area contributed by atoms with Crippen molar-refractivity contribution in [2.45, 2.75) is 31.9 Å². The van der Waals surface area contributed by atoms with Crippen molar-refractivity contribution in [3.63, 3.8) is 0 Å². The Kier molecular flexibility index (Phi) is 5.19. The van der Waals surface area contributed by atoms with Gasteiger partial charge in [-0.15, -0.1) is 0 Å². The number of nitrogens with two attached hydrogens (primary N) is 1. The Morgan fingerprint density at radius 1 is 1.50 bits per heavy atom. The number of hydrogen-bond acceptors (Lipinski definition) is 2. The van der Waals surface area contributed by atoms with Crippen molar-refractivity contribution in [2.75, 3.05) is 7.11 Å². The van der Waals surface area contributed by atoms with Crippen molar-refractivity contribution in [3.05, 3.63) is 34.6 Å². The van der Waals surface area contributed by atoms with Crippen LogP contribution < -0.4 is 5.73 Å². The maximum absolute atomic E-state index is 13.4. The molecule has 2 N–H and O–H groups in total. The third-order valence-corrected chi connectivity index (χ3v) is 2.88. The van der Waals surface area contributed by atoms with Crippen molar-refractivity contribution in [3.8, 4) is 0 Å². The topological polar surface area (TPSA) is 35.2 Å². The van der Waals surface area contributed by atoms with Gasteiger partial charge in [-0.25, -0.2) is 4.39 Å². The third-order valence-electron chi connectivity index (χ3n) is 2.65. The molecule has 2 atom stereocenters. The largest absolute Gasteiger partial charge is 0.380 e. The van der Waals surface area contributed by atoms with Crippen LogP contribution >= 0.6 is 11.6 Å². The second-order valence-electron chi connectivity index (χ2n) is 3.79. The molecule has 0 aliphatic carbocycles. The Morgan fingerprint density at radius 2 is 2.19 bits per heavy atom. The van der Waals surface area contributed by atoms with Crippen LogP contribution in [0.4, 0.5) is 4.39 Å². The predicted octanol–water partition coefficient (Wildman–Crippen LogP) is 2.77. The smallest absolute Gasteiger partial charge is 0.126 e. The Labute approximate surface area is 101 Å². The van der Waals surface area contributed by atoms with Gasteiger partial charge in [0.1, 0.15) is 5.82 Å². The molecule has 1 rings (SSSR count). The highest BCUT2D eigenvalue weighted by molar-refractivity contribution is 6.30. The van der Waals surface area contributed by atoms with Gasteiger partial charge in [0, 0.05) is 18.2 Å². The van der Waals surface area contributed by atoms with Crippen LogP contribution in [0.15, 0.2) is 18.2 Å². The van der Waals surface area contributed by atoms with Gasteiger partial charge in [-0.05, 0) is 36.6 Å². The highest BCUT2D eigenvalue weighted by Crippen LogP contribution is 2.17. The Hall–Kier alpha value is -0.640. The zero-order chi connectivity index (χ0) is 12.1. The van der Waals surface area contributed by atoms with Gasteiger partial charge in [0.15, 0.2) is 0 Å². The summed E-state index contributed by atoms with van der Waals surface area (Å²) < 4.78 is 18.7. The maximum Gasteiger partial charge on any atom is 0.126 e. The van der Waals surface area contributed by atoms with Gasteiger partial charge < -0.3 is 10.5 Å². The van der Waals surface area contributed by atoms with Gasteiger partial charge >= 0.3 is 0 Å². The summed E-state index contributed by atoms with van der Waals surface area (Å²) in [4.78, 5) is 0. The SMILES string of the molecule is CCC(OC)C(N)Cc1cc(Cl)ccc1F. The molecule has 0 fully saturated rings. The number of halogens is 2. The van der Waals surface area contributed by atoms with Crippen LogP contribution in [0.3, 0.4) is 0 Å². The quantitative estimate of drug-likeness (QED) is 0.866. The number of hydrogen-bond donors (Lipinski definition) is 1. The fourth-order valence-corrected chi connectivity index (χ4v) is 1.92. The summed E-state index contributed by atoms with van der Waals surface area (Å²) in [6.45, 7) is 1.99. The van der Waals surface area contributed by atoms with E-state index in [9.17, 15) is 4.39 Å². The molecule has 2 unspecified atom stereocenters. The van der Waals surface area contributed by atoms with Crippen LogP contribution in [-0.2, 0) is 11.2 Å². The van der Waals surface area contributed by atoms with Gasteiger partial charge in [-0.3, -0.25) is 0 Å². The van der Waals surface area contributed by atoms with Crippen LogP contribution in [-0.4, -0.2) is 19.3 Å². The minimum absolute atomic E-state index is 0.0571. The first-order valence-electron chi connectivity index (χ1n) is 5.30. The van der Waals surface area contributed by atoms with Crippen LogP contribution in [0, 0.1) is 5.82 Å². The fourth-order valence-electron chi connectivity index (χ4n) is 1.73. The van der Waals surface area contributed by atoms with E-state index in [4.69, 9.17) is 22.1 Å². The second-order valence-corrected chi connectivity index (χ2v) is 4.22. The summed E-state index contributed by atoms with van der Waals surface area (Å²) in [7, 11) is 1.61. The predicted molar refractivity (Wildman–Crippen MR) is 64.2 cm³/mol. The van der Waals surface area contributed by atoms with E-state index in [1.165, 1.54) is 12.1 Å². The lowest BCUT2D eigenvalue weighted by molar-refractivity contribution is 0.0771. The Morgan fingerprint density at radius 3 is 2.75 bits per heavy atom. The average molecular weight is 246 g/mol. The van der Waals surface area contributed by atoms with Crippen molar-refractivity contribution >= 4 is 11.6 Å². The molecule has 1 aromatic carbocycles. The lowest BCUT2D eigenvalue weighted by atomic mass is 10.00. The van der Waals surface area contributed by atoms with Gasteiger partial charge in [0.2, 0.25) is 0 Å². The van der Waals surface area contributed by atoms with E-state index in [1.54, 1.807) is 13.2 Å². The summed E-state index contributed by atoms with van der Waals surface area (Å²) in [5.41, 5.74) is 6.49. The normalized spacial score (nSPS) is 14.8. The summed E-state index contributed by atoms with van der Waals surface area (Å²) in [6, 6.07) is 4.28. The zero-order valence-corrected chi connectivity index (χ0v) is 10.3. The molecule has 0 aliphatic heterocycles. The summed E-state index contributed by atoms with van der Waals surface area (Å²) in [6.07, 6.45) is 1.18. The Bertz CT molecular complexity index is 342. The molecule has 0 radical (unpaired) electrons. The van der Waals surface area contributed by atoms with E-state index in [0.717, 1.165) is 6.42 Å². The van der Waals surface area contributed by atoms with Gasteiger partial charge in [0.05, 0.1) is 6.10 Å². The molecule has 1 aromatic rings. The molecule has 0 heterocycles. The van der Waals surface area contributed by atoms with E-state index in [0.29, 0.717) is 17.0 Å². The van der Waals surface area contributed by atoms with Crippen molar-refractivity contribution < 1.29 is 9.13 Å². The minimum atomic E-state index is -0.272. The number of methoxy groups -OCH3 is 1. The first-order valence-corrected chi connectivity index (χ1v) is 5.68. The molecule has 0 spiro atoms. The number of rotatable bonds is 5. The van der Waals surface area contributed by atoms with Gasteiger partial charge in [-0.2, -0.15) is 0 Å².